The molecule has 1 aliphatic heterocycles. The smallest absolute Gasteiger partial charge is 0.370 e. The van der Waals surface area contributed by atoms with Crippen molar-refractivity contribution in [2.24, 2.45) is 0 Å². The number of anilines is 1. The van der Waals surface area contributed by atoms with Crippen LogP contribution in [0.25, 0.3) is 0 Å². The summed E-state index contributed by atoms with van der Waals surface area (Å²) < 4.78 is 41.3. The molecule has 0 radical (unpaired) electrons. The highest BCUT2D eigenvalue weighted by Gasteiger charge is 2.36. The first kappa shape index (κ1) is 14.0. The number of hydrogen-bond donors (Lipinski definition) is 1. The quantitative estimate of drug-likeness (QED) is 0.911. The highest BCUT2D eigenvalue weighted by Crippen LogP contribution is 2.38. The maximum atomic E-state index is 13.2. The summed E-state index contributed by atoms with van der Waals surface area (Å²) in [6, 6.07) is 7.30. The summed E-state index contributed by atoms with van der Waals surface area (Å²) in [6.45, 7) is 2.62. The number of alkyl halides is 3. The molecule has 2 heterocycles. The van der Waals surface area contributed by atoms with Gasteiger partial charge in [0.05, 0.1) is 17.3 Å². The maximum absolute atomic E-state index is 13.2. The Morgan fingerprint density at radius 2 is 2.10 bits per heavy atom. The molecule has 0 amide bonds. The molecule has 21 heavy (non-hydrogen) atoms. The Labute approximate surface area is 120 Å². The van der Waals surface area contributed by atoms with Crippen LogP contribution in [0.2, 0.25) is 0 Å². The third-order valence-corrected chi connectivity index (χ3v) is 3.79. The molecular formula is C15H16F3N3. The van der Waals surface area contributed by atoms with E-state index in [0.29, 0.717) is 18.5 Å². The second kappa shape index (κ2) is 5.09. The molecule has 1 aromatic carbocycles. The van der Waals surface area contributed by atoms with Crippen molar-refractivity contribution in [3.63, 3.8) is 0 Å². The second-order valence-electron chi connectivity index (χ2n) is 5.14. The van der Waals surface area contributed by atoms with Crippen LogP contribution in [0.3, 0.4) is 0 Å². The van der Waals surface area contributed by atoms with Gasteiger partial charge in [-0.2, -0.15) is 18.3 Å². The Morgan fingerprint density at radius 3 is 2.81 bits per heavy atom. The molecule has 0 bridgehead atoms. The van der Waals surface area contributed by atoms with Crippen molar-refractivity contribution in [2.75, 3.05) is 11.9 Å². The topological polar surface area (TPSA) is 29.9 Å². The van der Waals surface area contributed by atoms with E-state index in [9.17, 15) is 13.2 Å². The summed E-state index contributed by atoms with van der Waals surface area (Å²) in [7, 11) is 0. The number of aryl methyl sites for hydroxylation is 1. The van der Waals surface area contributed by atoms with Gasteiger partial charge in [0.15, 0.2) is 0 Å². The van der Waals surface area contributed by atoms with Crippen molar-refractivity contribution < 1.29 is 13.2 Å². The van der Waals surface area contributed by atoms with Crippen LogP contribution < -0.4 is 5.32 Å². The zero-order chi connectivity index (χ0) is 15.0. The molecule has 0 spiro atoms. The van der Waals surface area contributed by atoms with Crippen molar-refractivity contribution in [3.8, 4) is 0 Å². The molecular weight excluding hydrogens is 279 g/mol. The van der Waals surface area contributed by atoms with E-state index in [0.717, 1.165) is 24.0 Å². The van der Waals surface area contributed by atoms with Crippen molar-refractivity contribution >= 4 is 5.82 Å². The van der Waals surface area contributed by atoms with Crippen molar-refractivity contribution in [2.45, 2.75) is 32.0 Å². The molecule has 0 fully saturated rings. The van der Waals surface area contributed by atoms with Gasteiger partial charge in [0, 0.05) is 12.6 Å². The van der Waals surface area contributed by atoms with Gasteiger partial charge in [-0.15, -0.1) is 0 Å². The van der Waals surface area contributed by atoms with Gasteiger partial charge in [-0.05, 0) is 24.5 Å². The summed E-state index contributed by atoms with van der Waals surface area (Å²) in [4.78, 5) is 0. The summed E-state index contributed by atoms with van der Waals surface area (Å²) in [5.41, 5.74) is 0.601. The van der Waals surface area contributed by atoms with Gasteiger partial charge in [-0.3, -0.25) is 0 Å². The van der Waals surface area contributed by atoms with Gasteiger partial charge in [-0.1, -0.05) is 25.1 Å². The highest BCUT2D eigenvalue weighted by atomic mass is 19.4. The molecule has 1 unspecified atom stereocenters. The lowest BCUT2D eigenvalue weighted by Crippen LogP contribution is -2.26. The third kappa shape index (κ3) is 2.50. The van der Waals surface area contributed by atoms with Crippen LogP contribution in [-0.2, 0) is 12.6 Å². The lowest BCUT2D eigenvalue weighted by Gasteiger charge is -2.28. The largest absolute Gasteiger partial charge is 0.416 e. The van der Waals surface area contributed by atoms with E-state index in [1.165, 1.54) is 6.07 Å². The van der Waals surface area contributed by atoms with E-state index >= 15 is 0 Å². The van der Waals surface area contributed by atoms with E-state index < -0.39 is 11.7 Å². The average Bonchev–Trinajstić information content (AvgIpc) is 2.89. The molecule has 6 heteroatoms. The van der Waals surface area contributed by atoms with Crippen molar-refractivity contribution in [1.82, 2.24) is 9.78 Å². The van der Waals surface area contributed by atoms with Crippen LogP contribution in [0.15, 0.2) is 30.3 Å². The molecule has 1 aliphatic rings. The Balaban J connectivity index is 2.09. The molecule has 1 aromatic heterocycles. The molecule has 3 rings (SSSR count). The number of benzene rings is 1. The molecule has 3 nitrogen and oxygen atoms in total. The van der Waals surface area contributed by atoms with E-state index in [2.05, 4.69) is 10.4 Å². The average molecular weight is 295 g/mol. The van der Waals surface area contributed by atoms with Gasteiger partial charge in [-0.25, -0.2) is 4.68 Å². The van der Waals surface area contributed by atoms with Crippen LogP contribution in [0.1, 0.15) is 36.2 Å². The first-order valence-corrected chi connectivity index (χ1v) is 6.99. The highest BCUT2D eigenvalue weighted by molar-refractivity contribution is 5.43. The second-order valence-corrected chi connectivity index (χ2v) is 5.14. The van der Waals surface area contributed by atoms with Gasteiger partial charge < -0.3 is 5.32 Å². The molecule has 2 aromatic rings. The van der Waals surface area contributed by atoms with Gasteiger partial charge >= 0.3 is 6.18 Å². The minimum atomic E-state index is -4.34. The first-order valence-electron chi connectivity index (χ1n) is 6.99. The lowest BCUT2D eigenvalue weighted by molar-refractivity contribution is -0.138. The summed E-state index contributed by atoms with van der Waals surface area (Å²) >= 11 is 0. The standard InChI is InChI=1S/C15H16F3N3/c1-2-10-9-14-19-8-7-13(21(14)20-10)11-5-3-4-6-12(11)15(16,17)18/h3-6,9,13,19H,2,7-8H2,1H3. The van der Waals surface area contributed by atoms with Gasteiger partial charge in [0.2, 0.25) is 0 Å². The van der Waals surface area contributed by atoms with E-state index in [1.54, 1.807) is 16.8 Å². The Bertz CT molecular complexity index is 646. The molecule has 1 N–H and O–H groups in total. The van der Waals surface area contributed by atoms with Crippen LogP contribution in [0.4, 0.5) is 19.0 Å². The fourth-order valence-corrected chi connectivity index (χ4v) is 2.78. The van der Waals surface area contributed by atoms with E-state index in [4.69, 9.17) is 0 Å². The molecule has 0 saturated heterocycles. The minimum absolute atomic E-state index is 0.290. The molecule has 0 saturated carbocycles. The van der Waals surface area contributed by atoms with Crippen molar-refractivity contribution in [1.29, 1.82) is 0 Å². The van der Waals surface area contributed by atoms with E-state index in [-0.39, 0.29) is 6.04 Å². The fourth-order valence-electron chi connectivity index (χ4n) is 2.78. The summed E-state index contributed by atoms with van der Waals surface area (Å²) in [6.07, 6.45) is -3.00. The van der Waals surface area contributed by atoms with Crippen LogP contribution in [-0.4, -0.2) is 16.3 Å². The minimum Gasteiger partial charge on any atom is -0.370 e. The fraction of sp³-hybridized carbons (Fsp3) is 0.400. The van der Waals surface area contributed by atoms with Gasteiger partial charge in [0.25, 0.3) is 0 Å². The summed E-state index contributed by atoms with van der Waals surface area (Å²) in [5, 5.41) is 7.63. The number of nitrogens with zero attached hydrogens (tertiary/aromatic N) is 2. The monoisotopic (exact) mass is 295 g/mol. The number of aromatic nitrogens is 2. The normalized spacial score (nSPS) is 18.2. The van der Waals surface area contributed by atoms with Crippen LogP contribution in [0.5, 0.6) is 0 Å². The zero-order valence-electron chi connectivity index (χ0n) is 11.6. The predicted octanol–water partition coefficient (Wildman–Crippen LogP) is 3.87. The number of rotatable bonds is 2. The SMILES string of the molecule is CCc1cc2n(n1)C(c1ccccc1C(F)(F)F)CCN2. The summed E-state index contributed by atoms with van der Waals surface area (Å²) in [5.74, 6) is 0.792. The number of nitrogens with one attached hydrogen (secondary N) is 1. The maximum Gasteiger partial charge on any atom is 0.416 e. The number of hydrogen-bond acceptors (Lipinski definition) is 2. The Hall–Kier alpha value is -1.98. The van der Waals surface area contributed by atoms with Crippen LogP contribution in [0, 0.1) is 0 Å². The number of fused-ring (bicyclic) bond motifs is 1. The Morgan fingerprint density at radius 1 is 1.33 bits per heavy atom. The van der Waals surface area contributed by atoms with Gasteiger partial charge in [0.1, 0.15) is 5.82 Å². The molecule has 0 aliphatic carbocycles. The Kier molecular flexibility index (Phi) is 3.39. The first-order chi connectivity index (χ1) is 10.0. The lowest BCUT2D eigenvalue weighted by atomic mass is 9.96. The zero-order valence-corrected chi connectivity index (χ0v) is 11.6. The van der Waals surface area contributed by atoms with Crippen molar-refractivity contribution in [3.05, 3.63) is 47.2 Å². The number of halogens is 3. The molecule has 1 atom stereocenters. The van der Waals surface area contributed by atoms with E-state index in [1.807, 2.05) is 13.0 Å². The molecule has 112 valence electrons. The third-order valence-electron chi connectivity index (χ3n) is 3.79. The van der Waals surface area contributed by atoms with Crippen LogP contribution >= 0.6 is 0 Å². The predicted molar refractivity (Wildman–Crippen MR) is 74.3 cm³/mol.